The highest BCUT2D eigenvalue weighted by atomic mass is 79.9. The molecule has 0 aromatic rings. The smallest absolute Gasteiger partial charge is 0.0701 e. The number of ether oxygens (including phenoxy) is 5. The first-order valence-electron chi connectivity index (χ1n) is 7.36. The molecule has 0 aliphatic rings. The summed E-state index contributed by atoms with van der Waals surface area (Å²) in [6.45, 7) is 8.63. The van der Waals surface area contributed by atoms with E-state index >= 15 is 0 Å². The molecule has 0 aliphatic carbocycles. The molecule has 0 atom stereocenters. The highest BCUT2D eigenvalue weighted by Gasteiger charge is 1.93. The lowest BCUT2D eigenvalue weighted by Gasteiger charge is -2.07. The van der Waals surface area contributed by atoms with Gasteiger partial charge >= 0.3 is 0 Å². The average Bonchev–Trinajstić information content (AvgIpc) is 2.47. The number of alkyl halides is 1. The second-order valence-corrected chi connectivity index (χ2v) is 4.90. The highest BCUT2D eigenvalue weighted by Crippen LogP contribution is 1.88. The van der Waals surface area contributed by atoms with Crippen LogP contribution in [0.5, 0.6) is 0 Å². The number of halogens is 1. The van der Waals surface area contributed by atoms with E-state index in [1.807, 2.05) is 0 Å². The molecule has 0 aromatic heterocycles. The van der Waals surface area contributed by atoms with Crippen LogP contribution in [0.3, 0.4) is 0 Å². The van der Waals surface area contributed by atoms with Gasteiger partial charge in [-0.2, -0.15) is 0 Å². The predicted octanol–water partition coefficient (Wildman–Crippen LogP) is 2.26. The maximum atomic E-state index is 5.37. The van der Waals surface area contributed by atoms with Crippen molar-refractivity contribution in [2.24, 2.45) is 0 Å². The molecule has 0 saturated carbocycles. The number of rotatable bonds is 17. The number of hydrogen-bond acceptors (Lipinski definition) is 5. The lowest BCUT2D eigenvalue weighted by atomic mass is 10.4. The Hall–Kier alpha value is 0.280. The fourth-order valence-electron chi connectivity index (χ4n) is 1.28. The Morgan fingerprint density at radius 3 is 1.25 bits per heavy atom. The van der Waals surface area contributed by atoms with E-state index in [-0.39, 0.29) is 0 Å². The van der Waals surface area contributed by atoms with E-state index < -0.39 is 0 Å². The van der Waals surface area contributed by atoms with E-state index in [0.717, 1.165) is 25.0 Å². The molecular formula is C14H29BrO5. The molecule has 122 valence electrons. The van der Waals surface area contributed by atoms with Gasteiger partial charge in [-0.3, -0.25) is 0 Å². The standard InChI is InChI=1S/C14H29BrO5/c1-2-3-5-16-7-9-18-11-13-20-14-12-19-10-8-17-6-4-15/h2-14H2,1H3. The fourth-order valence-corrected chi connectivity index (χ4v) is 1.51. The third-order valence-electron chi connectivity index (χ3n) is 2.35. The summed E-state index contributed by atoms with van der Waals surface area (Å²) < 4.78 is 26.7. The van der Waals surface area contributed by atoms with Crippen LogP contribution in [0.2, 0.25) is 0 Å². The molecule has 0 fully saturated rings. The molecular weight excluding hydrogens is 328 g/mol. The molecule has 0 spiro atoms. The first-order valence-corrected chi connectivity index (χ1v) is 8.48. The van der Waals surface area contributed by atoms with Crippen LogP contribution in [-0.4, -0.2) is 71.4 Å². The van der Waals surface area contributed by atoms with Gasteiger partial charge in [0, 0.05) is 11.9 Å². The third kappa shape index (κ3) is 18.3. The fraction of sp³-hybridized carbons (Fsp3) is 1.00. The van der Waals surface area contributed by atoms with E-state index in [2.05, 4.69) is 22.9 Å². The minimum Gasteiger partial charge on any atom is -0.379 e. The second-order valence-electron chi connectivity index (χ2n) is 4.10. The highest BCUT2D eigenvalue weighted by molar-refractivity contribution is 9.09. The molecule has 0 heterocycles. The minimum absolute atomic E-state index is 0.592. The summed E-state index contributed by atoms with van der Waals surface area (Å²) in [7, 11) is 0. The van der Waals surface area contributed by atoms with Crippen LogP contribution >= 0.6 is 15.9 Å². The van der Waals surface area contributed by atoms with Crippen molar-refractivity contribution < 1.29 is 23.7 Å². The van der Waals surface area contributed by atoms with Crippen molar-refractivity contribution in [3.63, 3.8) is 0 Å². The number of hydrogen-bond donors (Lipinski definition) is 0. The van der Waals surface area contributed by atoms with Crippen molar-refractivity contribution in [2.45, 2.75) is 19.8 Å². The summed E-state index contributed by atoms with van der Waals surface area (Å²) in [5.41, 5.74) is 0. The van der Waals surface area contributed by atoms with Crippen molar-refractivity contribution in [1.82, 2.24) is 0 Å². The Morgan fingerprint density at radius 1 is 0.550 bits per heavy atom. The van der Waals surface area contributed by atoms with E-state index in [9.17, 15) is 0 Å². The Balaban J connectivity index is 2.89. The zero-order chi connectivity index (χ0) is 14.7. The molecule has 0 aliphatic heterocycles. The van der Waals surface area contributed by atoms with Crippen LogP contribution in [-0.2, 0) is 23.7 Å². The Morgan fingerprint density at radius 2 is 0.900 bits per heavy atom. The van der Waals surface area contributed by atoms with Gasteiger partial charge in [0.25, 0.3) is 0 Å². The van der Waals surface area contributed by atoms with E-state index in [4.69, 9.17) is 23.7 Å². The first-order chi connectivity index (χ1) is 9.91. The van der Waals surface area contributed by atoms with E-state index in [1.165, 1.54) is 6.42 Å². The van der Waals surface area contributed by atoms with Crippen molar-refractivity contribution in [3.8, 4) is 0 Å². The zero-order valence-corrected chi connectivity index (χ0v) is 14.2. The van der Waals surface area contributed by atoms with Crippen LogP contribution in [0.4, 0.5) is 0 Å². The molecule has 0 unspecified atom stereocenters. The Kier molecular flexibility index (Phi) is 19.5. The normalized spacial score (nSPS) is 11.1. The van der Waals surface area contributed by atoms with Crippen LogP contribution in [0.1, 0.15) is 19.8 Å². The van der Waals surface area contributed by atoms with Gasteiger partial charge < -0.3 is 23.7 Å². The molecule has 5 nitrogen and oxygen atoms in total. The molecule has 6 heteroatoms. The van der Waals surface area contributed by atoms with Gasteiger partial charge in [-0.15, -0.1) is 0 Å². The predicted molar refractivity (Wildman–Crippen MR) is 82.8 cm³/mol. The summed E-state index contributed by atoms with van der Waals surface area (Å²) in [6.07, 6.45) is 2.28. The van der Waals surface area contributed by atoms with Crippen molar-refractivity contribution in [3.05, 3.63) is 0 Å². The van der Waals surface area contributed by atoms with Crippen molar-refractivity contribution in [1.29, 1.82) is 0 Å². The first kappa shape index (κ1) is 20.3. The molecule has 0 N–H and O–H groups in total. The molecule has 0 saturated heterocycles. The SMILES string of the molecule is CCCCOCCOCCOCCOCCOCCBr. The molecule has 20 heavy (non-hydrogen) atoms. The van der Waals surface area contributed by atoms with Crippen LogP contribution in [0, 0.1) is 0 Å². The quantitative estimate of drug-likeness (QED) is 0.295. The van der Waals surface area contributed by atoms with Crippen molar-refractivity contribution >= 4 is 15.9 Å². The summed E-state index contributed by atoms with van der Waals surface area (Å²) >= 11 is 3.29. The number of unbranched alkanes of at least 4 members (excludes halogenated alkanes) is 1. The molecule has 0 aromatic carbocycles. The lowest BCUT2D eigenvalue weighted by Crippen LogP contribution is -2.13. The van der Waals surface area contributed by atoms with Crippen LogP contribution in [0.25, 0.3) is 0 Å². The minimum atomic E-state index is 0.592. The second kappa shape index (κ2) is 19.3. The topological polar surface area (TPSA) is 46.2 Å². The monoisotopic (exact) mass is 356 g/mol. The Bertz CT molecular complexity index is 154. The van der Waals surface area contributed by atoms with E-state index in [0.29, 0.717) is 52.9 Å². The summed E-state index contributed by atoms with van der Waals surface area (Å²) in [4.78, 5) is 0. The Labute approximate surface area is 131 Å². The van der Waals surface area contributed by atoms with Crippen molar-refractivity contribution in [2.75, 3.05) is 71.4 Å². The van der Waals surface area contributed by atoms with Crippen LogP contribution < -0.4 is 0 Å². The molecule has 0 radical (unpaired) electrons. The summed E-state index contributed by atoms with van der Waals surface area (Å²) in [5, 5.41) is 0.861. The maximum Gasteiger partial charge on any atom is 0.0701 e. The van der Waals surface area contributed by atoms with Crippen LogP contribution in [0.15, 0.2) is 0 Å². The molecule has 0 rings (SSSR count). The van der Waals surface area contributed by atoms with Gasteiger partial charge in [-0.25, -0.2) is 0 Å². The summed E-state index contributed by atoms with van der Waals surface area (Å²) in [6, 6.07) is 0. The largest absolute Gasteiger partial charge is 0.379 e. The molecule has 0 amide bonds. The summed E-state index contributed by atoms with van der Waals surface area (Å²) in [5.74, 6) is 0. The van der Waals surface area contributed by atoms with Gasteiger partial charge in [-0.05, 0) is 6.42 Å². The van der Waals surface area contributed by atoms with Gasteiger partial charge in [0.15, 0.2) is 0 Å². The lowest BCUT2D eigenvalue weighted by molar-refractivity contribution is -0.0101. The molecule has 0 bridgehead atoms. The average molecular weight is 357 g/mol. The van der Waals surface area contributed by atoms with Gasteiger partial charge in [0.1, 0.15) is 0 Å². The maximum absolute atomic E-state index is 5.37. The van der Waals surface area contributed by atoms with Gasteiger partial charge in [0.05, 0.1) is 59.5 Å². The van der Waals surface area contributed by atoms with Gasteiger partial charge in [0.2, 0.25) is 0 Å². The van der Waals surface area contributed by atoms with E-state index in [1.54, 1.807) is 0 Å². The van der Waals surface area contributed by atoms with Gasteiger partial charge in [-0.1, -0.05) is 29.3 Å². The zero-order valence-electron chi connectivity index (χ0n) is 12.6. The third-order valence-corrected chi connectivity index (χ3v) is 2.68.